The van der Waals surface area contributed by atoms with Gasteiger partial charge < -0.3 is 29.6 Å². The molecule has 0 aliphatic heterocycles. The average molecular weight is 748 g/mol. The highest BCUT2D eigenvalue weighted by Crippen LogP contribution is 2.46. The Morgan fingerprint density at radius 3 is 1.66 bits per heavy atom. The zero-order chi connectivity index (χ0) is 34.1. The lowest BCUT2D eigenvalue weighted by molar-refractivity contribution is -0.139. The number of carbonyl (C=O) groups is 4. The first kappa shape index (κ1) is 34.5. The third-order valence-electron chi connectivity index (χ3n) is 6.62. The van der Waals surface area contributed by atoms with Crippen molar-refractivity contribution in [3.05, 3.63) is 94.1 Å². The highest BCUT2D eigenvalue weighted by molar-refractivity contribution is 14.1. The Bertz CT molecular complexity index is 1960. The normalized spacial score (nSPS) is 10.4. The Balaban J connectivity index is 1.74. The van der Waals surface area contributed by atoms with Crippen LogP contribution in [-0.4, -0.2) is 50.4 Å². The summed E-state index contributed by atoms with van der Waals surface area (Å²) >= 11 is 2.20. The van der Waals surface area contributed by atoms with Crippen molar-refractivity contribution < 1.29 is 38.1 Å². The summed E-state index contributed by atoms with van der Waals surface area (Å²) in [5.74, 6) is -0.860. The van der Waals surface area contributed by atoms with E-state index in [1.165, 1.54) is 13.8 Å². The van der Waals surface area contributed by atoms with Gasteiger partial charge in [-0.1, -0.05) is 37.4 Å². The number of ether oxygens (including phenoxy) is 4. The quantitative estimate of drug-likeness (QED) is 0.0753. The van der Waals surface area contributed by atoms with E-state index in [2.05, 4.69) is 52.5 Å². The largest absolute Gasteiger partial charge is 0.460 e. The molecule has 0 saturated heterocycles. The van der Waals surface area contributed by atoms with E-state index >= 15 is 0 Å². The minimum atomic E-state index is -0.815. The molecular formula is C35H30IN3O8. The number of nitriles is 1. The molecule has 47 heavy (non-hydrogen) atoms. The monoisotopic (exact) mass is 747 g/mol. The predicted molar refractivity (Wildman–Crippen MR) is 184 cm³/mol. The minimum Gasteiger partial charge on any atom is -0.460 e. The van der Waals surface area contributed by atoms with E-state index in [0.29, 0.717) is 32.8 Å². The van der Waals surface area contributed by atoms with Crippen LogP contribution in [0.4, 0.5) is 9.59 Å². The molecule has 0 aromatic heterocycles. The van der Waals surface area contributed by atoms with Crippen LogP contribution in [-0.2, 0) is 19.1 Å². The lowest BCUT2D eigenvalue weighted by atomic mass is 9.91. The highest BCUT2D eigenvalue weighted by atomic mass is 127. The van der Waals surface area contributed by atoms with Crippen LogP contribution in [0.25, 0.3) is 32.7 Å². The van der Waals surface area contributed by atoms with E-state index in [4.69, 9.17) is 18.9 Å². The Labute approximate surface area is 284 Å². The summed E-state index contributed by atoms with van der Waals surface area (Å²) in [6.45, 7) is 9.86. The molecule has 4 aromatic carbocycles. The molecule has 0 aliphatic carbocycles. The van der Waals surface area contributed by atoms with Gasteiger partial charge in [-0.15, -0.1) is 0 Å². The van der Waals surface area contributed by atoms with Gasteiger partial charge in [0.25, 0.3) is 0 Å². The third-order valence-corrected chi connectivity index (χ3v) is 7.29. The number of nitrogens with one attached hydrogen (secondary N) is 2. The molecule has 0 saturated carbocycles. The molecule has 4 aromatic rings. The highest BCUT2D eigenvalue weighted by Gasteiger charge is 2.22. The number of hydrogen-bond acceptors (Lipinski definition) is 9. The fourth-order valence-corrected chi connectivity index (χ4v) is 4.97. The van der Waals surface area contributed by atoms with Crippen molar-refractivity contribution in [3.8, 4) is 28.7 Å². The Kier molecular flexibility index (Phi) is 11.5. The number of rotatable bonds is 11. The number of hydrogen-bond donors (Lipinski definition) is 2. The summed E-state index contributed by atoms with van der Waals surface area (Å²) in [6, 6.07) is 19.7. The average Bonchev–Trinajstić information content (AvgIpc) is 3.04. The first-order chi connectivity index (χ1) is 22.5. The van der Waals surface area contributed by atoms with Crippen molar-refractivity contribution in [3.63, 3.8) is 0 Å². The van der Waals surface area contributed by atoms with E-state index in [1.54, 1.807) is 42.5 Å². The maximum atomic E-state index is 12.9. The molecule has 11 nitrogen and oxygen atoms in total. The van der Waals surface area contributed by atoms with Gasteiger partial charge in [0.1, 0.15) is 24.7 Å². The second-order valence-corrected chi connectivity index (χ2v) is 11.5. The van der Waals surface area contributed by atoms with Crippen LogP contribution in [0.2, 0.25) is 0 Å². The number of halogens is 1. The number of amides is 2. The van der Waals surface area contributed by atoms with E-state index in [0.717, 1.165) is 8.96 Å². The zero-order valence-corrected chi connectivity index (χ0v) is 27.8. The van der Waals surface area contributed by atoms with Gasteiger partial charge in [0.05, 0.1) is 24.7 Å². The molecule has 240 valence electrons. The summed E-state index contributed by atoms with van der Waals surface area (Å²) < 4.78 is 22.6. The van der Waals surface area contributed by atoms with Crippen LogP contribution >= 0.6 is 22.6 Å². The molecule has 2 N–H and O–H groups in total. The van der Waals surface area contributed by atoms with Crippen molar-refractivity contribution in [2.45, 2.75) is 13.8 Å². The lowest BCUT2D eigenvalue weighted by Crippen LogP contribution is -2.31. The predicted octanol–water partition coefficient (Wildman–Crippen LogP) is 6.55. The van der Waals surface area contributed by atoms with E-state index in [9.17, 15) is 24.4 Å². The van der Waals surface area contributed by atoms with Gasteiger partial charge in [-0.3, -0.25) is 0 Å². The first-order valence-electron chi connectivity index (χ1n) is 14.2. The minimum absolute atomic E-state index is 0.0135. The molecule has 0 spiro atoms. The maximum Gasteiger partial charge on any atom is 0.412 e. The molecule has 0 heterocycles. The second-order valence-electron chi connectivity index (χ2n) is 10.3. The standard InChI is InChI=1S/C35H30IN3O8/c1-20(2)32(40)44-15-13-38-34(42)46-28-11-6-23-17-22(19-37)5-9-26(23)30(28)31-27-10-8-25(36)18-24(27)7-12-29(31)47-35(43)39-14-16-45-33(41)21(3)4/h5-12,17-18H,1,3,13-16H2,2,4H3,(H,38,42)(H,39,43). The van der Waals surface area contributed by atoms with Crippen LogP contribution in [0.15, 0.2) is 85.0 Å². The first-order valence-corrected chi connectivity index (χ1v) is 15.3. The molecule has 12 heteroatoms. The summed E-state index contributed by atoms with van der Waals surface area (Å²) in [7, 11) is 0. The van der Waals surface area contributed by atoms with Gasteiger partial charge in [-0.05, 0) is 94.4 Å². The molecule has 0 fully saturated rings. The third kappa shape index (κ3) is 8.86. The van der Waals surface area contributed by atoms with Crippen molar-refractivity contribution >= 4 is 68.3 Å². The smallest absolute Gasteiger partial charge is 0.412 e. The molecule has 0 radical (unpaired) electrons. The Morgan fingerprint density at radius 1 is 0.723 bits per heavy atom. The van der Waals surface area contributed by atoms with E-state index in [1.807, 2.05) is 18.2 Å². The van der Waals surface area contributed by atoms with Gasteiger partial charge in [0, 0.05) is 25.8 Å². The van der Waals surface area contributed by atoms with E-state index < -0.39 is 24.1 Å². The van der Waals surface area contributed by atoms with Crippen LogP contribution in [0.1, 0.15) is 19.4 Å². The number of fused-ring (bicyclic) bond motifs is 2. The molecule has 0 bridgehead atoms. The van der Waals surface area contributed by atoms with Gasteiger partial charge >= 0.3 is 24.1 Å². The Hall–Kier alpha value is -5.42. The van der Waals surface area contributed by atoms with Crippen molar-refractivity contribution in [2.24, 2.45) is 0 Å². The van der Waals surface area contributed by atoms with Crippen LogP contribution in [0.5, 0.6) is 11.5 Å². The molecule has 2 amide bonds. The lowest BCUT2D eigenvalue weighted by Gasteiger charge is -2.19. The summed E-state index contributed by atoms with van der Waals surface area (Å²) in [5.41, 5.74) is 1.78. The van der Waals surface area contributed by atoms with Gasteiger partial charge in [-0.25, -0.2) is 19.2 Å². The van der Waals surface area contributed by atoms with Gasteiger partial charge in [0.15, 0.2) is 0 Å². The maximum absolute atomic E-state index is 12.9. The van der Waals surface area contributed by atoms with Crippen LogP contribution < -0.4 is 20.1 Å². The van der Waals surface area contributed by atoms with Crippen LogP contribution in [0, 0.1) is 14.9 Å². The van der Waals surface area contributed by atoms with Crippen LogP contribution in [0.3, 0.4) is 0 Å². The number of esters is 2. The van der Waals surface area contributed by atoms with Crippen molar-refractivity contribution in [2.75, 3.05) is 26.3 Å². The summed E-state index contributed by atoms with van der Waals surface area (Å²) in [4.78, 5) is 49.2. The molecule has 0 unspecified atom stereocenters. The fourth-order valence-electron chi connectivity index (χ4n) is 4.46. The molecule has 4 rings (SSSR count). The van der Waals surface area contributed by atoms with Crippen molar-refractivity contribution in [1.82, 2.24) is 10.6 Å². The SMILES string of the molecule is C=C(C)C(=O)OCCNC(=O)Oc1ccc2cc(I)ccc2c1-c1c(OC(=O)NCCOC(=O)C(=C)C)ccc2cc(C#N)ccc12. The van der Waals surface area contributed by atoms with Crippen molar-refractivity contribution in [1.29, 1.82) is 5.26 Å². The number of carbonyl (C=O) groups excluding carboxylic acids is 4. The molecule has 0 aliphatic rings. The van der Waals surface area contributed by atoms with E-state index in [-0.39, 0.29) is 48.9 Å². The molecular weight excluding hydrogens is 717 g/mol. The second kappa shape index (κ2) is 15.7. The number of benzene rings is 4. The zero-order valence-electron chi connectivity index (χ0n) is 25.6. The molecule has 0 atom stereocenters. The summed E-state index contributed by atoms with van der Waals surface area (Å²) in [6.07, 6.45) is -1.62. The Morgan fingerprint density at radius 2 is 1.19 bits per heavy atom. The fraction of sp³-hybridized carbons (Fsp3) is 0.171. The summed E-state index contributed by atoms with van der Waals surface area (Å²) in [5, 5.41) is 17.5. The number of nitrogens with zero attached hydrogens (tertiary/aromatic N) is 1. The topological polar surface area (TPSA) is 153 Å². The van der Waals surface area contributed by atoms with Gasteiger partial charge in [-0.2, -0.15) is 5.26 Å². The van der Waals surface area contributed by atoms with Gasteiger partial charge in [0.2, 0.25) is 0 Å².